The Morgan fingerprint density at radius 1 is 1.12 bits per heavy atom. The predicted molar refractivity (Wildman–Crippen MR) is 137 cm³/mol. The molecule has 1 aliphatic carbocycles. The summed E-state index contributed by atoms with van der Waals surface area (Å²) in [4.78, 5) is 33.1. The minimum atomic E-state index is -0.102. The fraction of sp³-hybridized carbons (Fsp3) is 0.269. The average Bonchev–Trinajstić information content (AvgIpc) is 3.45. The van der Waals surface area contributed by atoms with Gasteiger partial charge in [0.25, 0.3) is 5.56 Å². The zero-order valence-electron chi connectivity index (χ0n) is 18.9. The Labute approximate surface area is 206 Å². The van der Waals surface area contributed by atoms with Gasteiger partial charge in [-0.15, -0.1) is 11.3 Å². The van der Waals surface area contributed by atoms with Gasteiger partial charge in [0.1, 0.15) is 10.6 Å². The van der Waals surface area contributed by atoms with E-state index in [0.717, 1.165) is 46.4 Å². The van der Waals surface area contributed by atoms with Crippen LogP contribution in [0.1, 0.15) is 28.0 Å². The van der Waals surface area contributed by atoms with Gasteiger partial charge in [0.2, 0.25) is 5.91 Å². The van der Waals surface area contributed by atoms with Crippen LogP contribution in [0.4, 0.5) is 0 Å². The van der Waals surface area contributed by atoms with Gasteiger partial charge in [-0.25, -0.2) is 4.98 Å². The van der Waals surface area contributed by atoms with Crippen molar-refractivity contribution >= 4 is 39.2 Å². The van der Waals surface area contributed by atoms with E-state index >= 15 is 0 Å². The van der Waals surface area contributed by atoms with Crippen molar-refractivity contribution in [3.63, 3.8) is 0 Å². The Morgan fingerprint density at radius 3 is 2.68 bits per heavy atom. The monoisotopic (exact) mass is 491 g/mol. The number of nitrogens with zero attached hydrogens (tertiary/aromatic N) is 2. The molecule has 0 spiro atoms. The first-order valence-corrected chi connectivity index (χ1v) is 13.0. The number of carbonyl (C=O) groups is 1. The van der Waals surface area contributed by atoms with E-state index < -0.39 is 0 Å². The van der Waals surface area contributed by atoms with Gasteiger partial charge >= 0.3 is 0 Å². The van der Waals surface area contributed by atoms with Crippen molar-refractivity contribution in [2.45, 2.75) is 37.5 Å². The highest BCUT2D eigenvalue weighted by Gasteiger charge is 2.23. The third-order valence-corrected chi connectivity index (χ3v) is 8.12. The third-order valence-electron chi connectivity index (χ3n) is 5.95. The number of nitrogens with one attached hydrogen (secondary N) is 1. The Morgan fingerprint density at radius 2 is 1.91 bits per heavy atom. The first-order valence-electron chi connectivity index (χ1n) is 11.2. The minimum Gasteiger partial charge on any atom is -0.497 e. The van der Waals surface area contributed by atoms with Crippen LogP contribution in [-0.2, 0) is 30.7 Å². The normalized spacial score (nSPS) is 12.6. The van der Waals surface area contributed by atoms with Crippen LogP contribution in [0.15, 0.2) is 64.5 Å². The second-order valence-electron chi connectivity index (χ2n) is 8.22. The maximum absolute atomic E-state index is 13.6. The van der Waals surface area contributed by atoms with E-state index in [1.54, 1.807) is 23.0 Å². The van der Waals surface area contributed by atoms with Crippen LogP contribution in [0.5, 0.6) is 5.75 Å². The molecule has 8 heteroatoms. The quantitative estimate of drug-likeness (QED) is 0.292. The summed E-state index contributed by atoms with van der Waals surface area (Å²) in [6.45, 7) is 0.868. The molecule has 0 unspecified atom stereocenters. The lowest BCUT2D eigenvalue weighted by atomic mass is 10.2. The second-order valence-corrected chi connectivity index (χ2v) is 10.2. The van der Waals surface area contributed by atoms with Crippen molar-refractivity contribution in [1.29, 1.82) is 0 Å². The number of ether oxygens (including phenoxy) is 1. The highest BCUT2D eigenvalue weighted by atomic mass is 32.2. The molecule has 0 radical (unpaired) electrons. The molecule has 34 heavy (non-hydrogen) atoms. The fourth-order valence-electron chi connectivity index (χ4n) is 4.20. The molecule has 1 amide bonds. The third kappa shape index (κ3) is 4.74. The van der Waals surface area contributed by atoms with Crippen LogP contribution in [0, 0.1) is 0 Å². The number of methoxy groups -OCH3 is 1. The number of thiophene rings is 1. The maximum Gasteiger partial charge on any atom is 0.263 e. The van der Waals surface area contributed by atoms with E-state index in [-0.39, 0.29) is 17.2 Å². The lowest BCUT2D eigenvalue weighted by Crippen LogP contribution is -2.27. The molecule has 1 N–H and O–H groups in total. The molecule has 0 bridgehead atoms. The van der Waals surface area contributed by atoms with Crippen molar-refractivity contribution in [3.05, 3.63) is 86.5 Å². The van der Waals surface area contributed by atoms with Crippen LogP contribution >= 0.6 is 23.1 Å². The van der Waals surface area contributed by atoms with Crippen molar-refractivity contribution in [1.82, 2.24) is 14.9 Å². The smallest absolute Gasteiger partial charge is 0.263 e. The van der Waals surface area contributed by atoms with Gasteiger partial charge in [0.05, 0.1) is 24.8 Å². The number of hydrogen-bond donors (Lipinski definition) is 1. The van der Waals surface area contributed by atoms with E-state index in [1.165, 1.54) is 22.2 Å². The van der Waals surface area contributed by atoms with Crippen molar-refractivity contribution in [3.8, 4) is 5.75 Å². The summed E-state index contributed by atoms with van der Waals surface area (Å²) >= 11 is 2.94. The van der Waals surface area contributed by atoms with Gasteiger partial charge in [-0.3, -0.25) is 14.2 Å². The number of carbonyl (C=O) groups excluding carboxylic acids is 1. The van der Waals surface area contributed by atoms with Crippen molar-refractivity contribution < 1.29 is 9.53 Å². The van der Waals surface area contributed by atoms with Crippen LogP contribution < -0.4 is 15.6 Å². The lowest BCUT2D eigenvalue weighted by molar-refractivity contribution is -0.118. The standard InChI is InChI=1S/C26H25N3O3S2/c1-32-19-12-10-17(11-13-19)14-27-22(30)16-33-26-28-24-23(20-8-5-9-21(20)34-24)25(31)29(26)15-18-6-3-2-4-7-18/h2-4,6-7,10-13H,5,8-9,14-16H2,1H3,(H,27,30). The van der Waals surface area contributed by atoms with Gasteiger partial charge in [-0.1, -0.05) is 54.2 Å². The number of thioether (sulfide) groups is 1. The first kappa shape index (κ1) is 22.7. The molecule has 4 aromatic rings. The van der Waals surface area contributed by atoms with Crippen LogP contribution in [0.3, 0.4) is 0 Å². The summed E-state index contributed by atoms with van der Waals surface area (Å²) in [5, 5.41) is 4.30. The molecule has 0 saturated heterocycles. The molecule has 1 aliphatic rings. The number of fused-ring (bicyclic) bond motifs is 3. The number of hydrogen-bond acceptors (Lipinski definition) is 6. The van der Waals surface area contributed by atoms with Gasteiger partial charge < -0.3 is 10.1 Å². The average molecular weight is 492 g/mol. The first-order chi connectivity index (χ1) is 16.6. The van der Waals surface area contributed by atoms with E-state index in [9.17, 15) is 9.59 Å². The van der Waals surface area contributed by atoms with Crippen LogP contribution in [0.25, 0.3) is 10.2 Å². The molecule has 0 atom stereocenters. The Bertz CT molecular complexity index is 1380. The van der Waals surface area contributed by atoms with Gasteiger partial charge in [-0.05, 0) is 48.1 Å². The molecule has 0 fully saturated rings. The zero-order chi connectivity index (χ0) is 23.5. The predicted octanol–water partition coefficient (Wildman–Crippen LogP) is 4.41. The molecule has 174 valence electrons. The molecule has 2 aromatic carbocycles. The number of benzene rings is 2. The van der Waals surface area contributed by atoms with Crippen molar-refractivity contribution in [2.75, 3.05) is 12.9 Å². The highest BCUT2D eigenvalue weighted by molar-refractivity contribution is 7.99. The summed E-state index contributed by atoms with van der Waals surface area (Å²) < 4.78 is 6.90. The van der Waals surface area contributed by atoms with Crippen LogP contribution in [0.2, 0.25) is 0 Å². The SMILES string of the molecule is COc1ccc(CNC(=O)CSc2nc3sc4c(c3c(=O)n2Cc2ccccc2)CCC4)cc1. The number of aromatic nitrogens is 2. The Hall–Kier alpha value is -3.10. The summed E-state index contributed by atoms with van der Waals surface area (Å²) in [5.74, 6) is 0.867. The minimum absolute atomic E-state index is 0.00519. The zero-order valence-corrected chi connectivity index (χ0v) is 20.5. The Kier molecular flexibility index (Phi) is 6.69. The van der Waals surface area contributed by atoms with Gasteiger partial charge in [0, 0.05) is 11.4 Å². The molecule has 0 aliphatic heterocycles. The summed E-state index contributed by atoms with van der Waals surface area (Å²) in [5.41, 5.74) is 3.19. The summed E-state index contributed by atoms with van der Waals surface area (Å²) in [6.07, 6.45) is 3.06. The lowest BCUT2D eigenvalue weighted by Gasteiger charge is -2.13. The van der Waals surface area contributed by atoms with E-state index in [1.807, 2.05) is 54.6 Å². The molecule has 5 rings (SSSR count). The fourth-order valence-corrected chi connectivity index (χ4v) is 6.33. The van der Waals surface area contributed by atoms with Gasteiger partial charge in [-0.2, -0.15) is 0 Å². The van der Waals surface area contributed by atoms with E-state index in [2.05, 4.69) is 5.32 Å². The van der Waals surface area contributed by atoms with E-state index in [0.29, 0.717) is 18.2 Å². The molecule has 2 heterocycles. The molecule has 6 nitrogen and oxygen atoms in total. The highest BCUT2D eigenvalue weighted by Crippen LogP contribution is 2.35. The Balaban J connectivity index is 1.36. The largest absolute Gasteiger partial charge is 0.497 e. The molecule has 0 saturated carbocycles. The second kappa shape index (κ2) is 10.0. The topological polar surface area (TPSA) is 73.2 Å². The number of aryl methyl sites for hydroxylation is 2. The van der Waals surface area contributed by atoms with Crippen LogP contribution in [-0.4, -0.2) is 28.3 Å². The number of rotatable bonds is 8. The van der Waals surface area contributed by atoms with E-state index in [4.69, 9.17) is 9.72 Å². The molecule has 2 aromatic heterocycles. The van der Waals surface area contributed by atoms with Crippen molar-refractivity contribution in [2.24, 2.45) is 0 Å². The summed E-state index contributed by atoms with van der Waals surface area (Å²) in [7, 11) is 1.63. The number of amides is 1. The summed E-state index contributed by atoms with van der Waals surface area (Å²) in [6, 6.07) is 17.5. The maximum atomic E-state index is 13.6. The molecular formula is C26H25N3O3S2. The van der Waals surface area contributed by atoms with Gasteiger partial charge in [0.15, 0.2) is 5.16 Å². The molecular weight excluding hydrogens is 466 g/mol.